The molecule has 36 heavy (non-hydrogen) atoms. The van der Waals surface area contributed by atoms with Crippen molar-refractivity contribution in [2.75, 3.05) is 50.6 Å². The molecule has 1 aliphatic rings. The highest BCUT2D eigenvalue weighted by molar-refractivity contribution is 6.02. The van der Waals surface area contributed by atoms with Crippen LogP contribution in [0, 0.1) is 0 Å². The Bertz CT molecular complexity index is 1210. The average molecular weight is 488 g/mol. The van der Waals surface area contributed by atoms with Crippen molar-refractivity contribution in [3.8, 4) is 11.5 Å². The number of rotatable bonds is 8. The van der Waals surface area contributed by atoms with Gasteiger partial charge in [0.1, 0.15) is 11.5 Å². The van der Waals surface area contributed by atoms with E-state index in [1.165, 1.54) is 6.08 Å². The number of methoxy groups -OCH3 is 2. The van der Waals surface area contributed by atoms with E-state index in [0.717, 1.165) is 11.1 Å². The molecule has 0 bridgehead atoms. The number of anilines is 2. The molecular weight excluding hydrogens is 458 g/mol. The minimum atomic E-state index is -0.274. The Labute approximate surface area is 210 Å². The number of benzene rings is 2. The van der Waals surface area contributed by atoms with Gasteiger partial charge in [0.15, 0.2) is 0 Å². The third-order valence-electron chi connectivity index (χ3n) is 5.90. The number of amides is 2. The van der Waals surface area contributed by atoms with Crippen molar-refractivity contribution in [2.45, 2.75) is 6.42 Å². The van der Waals surface area contributed by atoms with Crippen molar-refractivity contribution in [1.82, 2.24) is 14.9 Å². The number of carbonyl (C=O) groups excluding carboxylic acids is 2. The Morgan fingerprint density at radius 3 is 2.36 bits per heavy atom. The number of hydrogen-bond donors (Lipinski definition) is 1. The molecule has 4 rings (SSSR count). The van der Waals surface area contributed by atoms with Gasteiger partial charge in [-0.05, 0) is 48.0 Å². The molecule has 3 aromatic rings. The van der Waals surface area contributed by atoms with E-state index >= 15 is 0 Å². The number of hydrogen-bond acceptors (Lipinski definition) is 7. The largest absolute Gasteiger partial charge is 0.497 e. The highest BCUT2D eigenvalue weighted by Crippen LogP contribution is 2.25. The topological polar surface area (TPSA) is 96.9 Å². The predicted molar refractivity (Wildman–Crippen MR) is 138 cm³/mol. The molecule has 1 aromatic heterocycles. The molecule has 9 heteroatoms. The van der Waals surface area contributed by atoms with Gasteiger partial charge >= 0.3 is 0 Å². The summed E-state index contributed by atoms with van der Waals surface area (Å²) in [6.45, 7) is 2.68. The van der Waals surface area contributed by atoms with Gasteiger partial charge in [-0.25, -0.2) is 9.97 Å². The monoisotopic (exact) mass is 487 g/mol. The van der Waals surface area contributed by atoms with E-state index in [4.69, 9.17) is 9.47 Å². The molecule has 1 saturated heterocycles. The minimum Gasteiger partial charge on any atom is -0.497 e. The fourth-order valence-corrected chi connectivity index (χ4v) is 3.92. The summed E-state index contributed by atoms with van der Waals surface area (Å²) in [5, 5.41) is 2.83. The third-order valence-corrected chi connectivity index (χ3v) is 5.90. The van der Waals surface area contributed by atoms with Crippen LogP contribution in [0.2, 0.25) is 0 Å². The van der Waals surface area contributed by atoms with Gasteiger partial charge < -0.3 is 24.6 Å². The Morgan fingerprint density at radius 2 is 1.69 bits per heavy atom. The van der Waals surface area contributed by atoms with E-state index in [2.05, 4.69) is 20.2 Å². The SMILES string of the molecule is COc1ccc(OC)c(C=CC(=O)Nc2ccc(CC(=O)N3CCN(c4ncccn4)CC3)cc2)c1. The van der Waals surface area contributed by atoms with Crippen LogP contribution in [0.25, 0.3) is 6.08 Å². The van der Waals surface area contributed by atoms with Crippen LogP contribution in [-0.2, 0) is 16.0 Å². The number of aromatic nitrogens is 2. The zero-order valence-electron chi connectivity index (χ0n) is 20.4. The van der Waals surface area contributed by atoms with Gasteiger partial charge in [0.05, 0.1) is 20.6 Å². The standard InChI is InChI=1S/C27H29N5O4/c1-35-23-9-10-24(36-2)21(19-23)6-11-25(33)30-22-7-4-20(5-8-22)18-26(34)31-14-16-32(17-15-31)27-28-12-3-13-29-27/h3-13,19H,14-18H2,1-2H3,(H,30,33). The molecular formula is C27H29N5O4. The van der Waals surface area contributed by atoms with Gasteiger partial charge in [0.2, 0.25) is 17.8 Å². The highest BCUT2D eigenvalue weighted by Gasteiger charge is 2.22. The summed E-state index contributed by atoms with van der Waals surface area (Å²) < 4.78 is 10.6. The molecule has 2 amide bonds. The zero-order chi connectivity index (χ0) is 25.3. The van der Waals surface area contributed by atoms with Crippen LogP contribution in [0.4, 0.5) is 11.6 Å². The maximum atomic E-state index is 12.8. The van der Waals surface area contributed by atoms with Crippen molar-refractivity contribution in [2.24, 2.45) is 0 Å². The molecule has 0 unspecified atom stereocenters. The second-order valence-corrected chi connectivity index (χ2v) is 8.22. The number of carbonyl (C=O) groups is 2. The Hall–Kier alpha value is -4.40. The zero-order valence-corrected chi connectivity index (χ0v) is 20.4. The van der Waals surface area contributed by atoms with E-state index in [-0.39, 0.29) is 11.8 Å². The Morgan fingerprint density at radius 1 is 0.972 bits per heavy atom. The molecule has 1 N–H and O–H groups in total. The Balaban J connectivity index is 1.27. The predicted octanol–water partition coefficient (Wildman–Crippen LogP) is 3.04. The van der Waals surface area contributed by atoms with Crippen LogP contribution < -0.4 is 19.7 Å². The first-order valence-corrected chi connectivity index (χ1v) is 11.7. The summed E-state index contributed by atoms with van der Waals surface area (Å²) in [6, 6.07) is 14.5. The molecule has 2 heterocycles. The van der Waals surface area contributed by atoms with Crippen LogP contribution in [0.5, 0.6) is 11.5 Å². The third kappa shape index (κ3) is 6.38. The summed E-state index contributed by atoms with van der Waals surface area (Å²) in [4.78, 5) is 37.7. The molecule has 0 radical (unpaired) electrons. The Kier molecular flexibility index (Phi) is 8.12. The summed E-state index contributed by atoms with van der Waals surface area (Å²) >= 11 is 0. The van der Waals surface area contributed by atoms with Gasteiger partial charge in [-0.1, -0.05) is 12.1 Å². The fourth-order valence-electron chi connectivity index (χ4n) is 3.92. The lowest BCUT2D eigenvalue weighted by atomic mass is 10.1. The number of ether oxygens (including phenoxy) is 2. The summed E-state index contributed by atoms with van der Waals surface area (Å²) in [7, 11) is 3.16. The van der Waals surface area contributed by atoms with Crippen LogP contribution in [0.15, 0.2) is 67.0 Å². The van der Waals surface area contributed by atoms with Crippen molar-refractivity contribution < 1.29 is 19.1 Å². The number of nitrogens with zero attached hydrogens (tertiary/aromatic N) is 4. The lowest BCUT2D eigenvalue weighted by Crippen LogP contribution is -2.49. The summed E-state index contributed by atoms with van der Waals surface area (Å²) in [5.74, 6) is 1.82. The maximum absolute atomic E-state index is 12.8. The molecule has 186 valence electrons. The first-order chi connectivity index (χ1) is 17.6. The molecule has 2 aromatic carbocycles. The summed E-state index contributed by atoms with van der Waals surface area (Å²) in [6.07, 6.45) is 6.87. The van der Waals surface area contributed by atoms with Gasteiger partial charge in [-0.2, -0.15) is 0 Å². The van der Waals surface area contributed by atoms with Crippen molar-refractivity contribution >= 4 is 29.5 Å². The van der Waals surface area contributed by atoms with Crippen molar-refractivity contribution in [1.29, 1.82) is 0 Å². The molecule has 1 aliphatic heterocycles. The summed E-state index contributed by atoms with van der Waals surface area (Å²) in [5.41, 5.74) is 2.27. The quantitative estimate of drug-likeness (QED) is 0.488. The fraction of sp³-hybridized carbons (Fsp3) is 0.259. The smallest absolute Gasteiger partial charge is 0.248 e. The van der Waals surface area contributed by atoms with E-state index in [9.17, 15) is 9.59 Å². The van der Waals surface area contributed by atoms with Crippen LogP contribution in [0.1, 0.15) is 11.1 Å². The number of piperazine rings is 1. The van der Waals surface area contributed by atoms with Crippen molar-refractivity contribution in [3.63, 3.8) is 0 Å². The van der Waals surface area contributed by atoms with Crippen LogP contribution in [0.3, 0.4) is 0 Å². The van der Waals surface area contributed by atoms with Gasteiger partial charge in [0, 0.05) is 55.9 Å². The molecule has 1 fully saturated rings. The van der Waals surface area contributed by atoms with Gasteiger partial charge in [-0.15, -0.1) is 0 Å². The van der Waals surface area contributed by atoms with Gasteiger partial charge in [0.25, 0.3) is 0 Å². The second-order valence-electron chi connectivity index (χ2n) is 8.22. The van der Waals surface area contributed by atoms with E-state index in [1.807, 2.05) is 17.0 Å². The average Bonchev–Trinajstić information content (AvgIpc) is 2.93. The lowest BCUT2D eigenvalue weighted by molar-refractivity contribution is -0.130. The van der Waals surface area contributed by atoms with E-state index < -0.39 is 0 Å². The second kappa shape index (κ2) is 11.8. The van der Waals surface area contributed by atoms with Crippen molar-refractivity contribution in [3.05, 3.63) is 78.1 Å². The van der Waals surface area contributed by atoms with Crippen LogP contribution in [-0.4, -0.2) is 67.1 Å². The van der Waals surface area contributed by atoms with E-state index in [1.54, 1.807) is 69.1 Å². The first kappa shape index (κ1) is 24.7. The van der Waals surface area contributed by atoms with E-state index in [0.29, 0.717) is 55.7 Å². The minimum absolute atomic E-state index is 0.0792. The van der Waals surface area contributed by atoms with Gasteiger partial charge in [-0.3, -0.25) is 9.59 Å². The first-order valence-electron chi connectivity index (χ1n) is 11.7. The molecule has 0 atom stereocenters. The molecule has 0 spiro atoms. The highest BCUT2D eigenvalue weighted by atomic mass is 16.5. The van der Waals surface area contributed by atoms with Crippen LogP contribution >= 0.6 is 0 Å². The maximum Gasteiger partial charge on any atom is 0.248 e. The molecule has 0 aliphatic carbocycles. The normalized spacial score (nSPS) is 13.5. The lowest BCUT2D eigenvalue weighted by Gasteiger charge is -2.34. The molecule has 0 saturated carbocycles. The number of nitrogens with one attached hydrogen (secondary N) is 1. The molecule has 9 nitrogen and oxygen atoms in total.